The number of methoxy groups -OCH3 is 1. The minimum absolute atomic E-state index is 0.276. The lowest BCUT2D eigenvalue weighted by molar-refractivity contribution is 0.0955. The maximum atomic E-state index is 12.7. The average molecular weight is 687 g/mol. The second-order valence-corrected chi connectivity index (χ2v) is 11.8. The third-order valence-corrected chi connectivity index (χ3v) is 7.98. The van der Waals surface area contributed by atoms with Gasteiger partial charge in [0.15, 0.2) is 23.0 Å². The van der Waals surface area contributed by atoms with E-state index >= 15 is 0 Å². The molecule has 0 aliphatic carbocycles. The summed E-state index contributed by atoms with van der Waals surface area (Å²) in [6.07, 6.45) is 1.56. The molecule has 5 aromatic rings. The number of aromatic nitrogens is 1. The minimum atomic E-state index is -0.316. The van der Waals surface area contributed by atoms with Crippen molar-refractivity contribution in [3.8, 4) is 34.3 Å². The number of halogens is 1. The lowest BCUT2D eigenvalue weighted by Gasteiger charge is -2.16. The van der Waals surface area contributed by atoms with Crippen molar-refractivity contribution < 1.29 is 23.7 Å². The van der Waals surface area contributed by atoms with Crippen molar-refractivity contribution in [2.45, 2.75) is 27.1 Å². The summed E-state index contributed by atoms with van der Waals surface area (Å²) in [6.45, 7) is 5.03. The molecule has 1 heterocycles. The fourth-order valence-electron chi connectivity index (χ4n) is 4.40. The Bertz CT molecular complexity index is 1770. The van der Waals surface area contributed by atoms with Crippen molar-refractivity contribution in [2.24, 2.45) is 5.10 Å². The zero-order valence-corrected chi connectivity index (χ0v) is 27.5. The third kappa shape index (κ3) is 8.49. The second kappa shape index (κ2) is 15.4. The SMILES string of the molecule is CCOc1cc(/C=N/NC(=O)c2ccc(-c3csc(C)n3)cc2)cc(Br)c1OCc1ccc(OCc2ccccc2)c(OC)c1. The zero-order valence-electron chi connectivity index (χ0n) is 25.1. The van der Waals surface area contributed by atoms with Crippen molar-refractivity contribution in [1.29, 1.82) is 0 Å². The summed E-state index contributed by atoms with van der Waals surface area (Å²) in [4.78, 5) is 17.1. The fraction of sp³-hybridized carbons (Fsp3) is 0.171. The highest BCUT2D eigenvalue weighted by Gasteiger charge is 2.14. The van der Waals surface area contributed by atoms with Crippen LogP contribution in [0, 0.1) is 6.92 Å². The normalized spacial score (nSPS) is 10.9. The van der Waals surface area contributed by atoms with Crippen molar-refractivity contribution in [2.75, 3.05) is 13.7 Å². The molecule has 1 N–H and O–H groups in total. The molecule has 230 valence electrons. The highest BCUT2D eigenvalue weighted by molar-refractivity contribution is 9.10. The summed E-state index contributed by atoms with van der Waals surface area (Å²) in [5, 5.41) is 7.14. The number of thiazole rings is 1. The van der Waals surface area contributed by atoms with E-state index in [4.69, 9.17) is 18.9 Å². The minimum Gasteiger partial charge on any atom is -0.493 e. The van der Waals surface area contributed by atoms with Crippen LogP contribution in [0.5, 0.6) is 23.0 Å². The number of aryl methyl sites for hydroxylation is 1. The Balaban J connectivity index is 1.21. The van der Waals surface area contributed by atoms with Gasteiger partial charge in [-0.25, -0.2) is 10.4 Å². The molecule has 0 unspecified atom stereocenters. The Hall–Kier alpha value is -4.67. The lowest BCUT2D eigenvalue weighted by Crippen LogP contribution is -2.17. The predicted molar refractivity (Wildman–Crippen MR) is 181 cm³/mol. The average Bonchev–Trinajstić information content (AvgIpc) is 3.50. The van der Waals surface area contributed by atoms with Gasteiger partial charge >= 0.3 is 0 Å². The number of rotatable bonds is 13. The number of amides is 1. The van der Waals surface area contributed by atoms with Gasteiger partial charge in [0.25, 0.3) is 5.91 Å². The molecule has 0 saturated carbocycles. The number of carbonyl (C=O) groups excluding carboxylic acids is 1. The van der Waals surface area contributed by atoms with Crippen LogP contribution in [0.1, 0.15) is 39.0 Å². The molecule has 45 heavy (non-hydrogen) atoms. The quantitative estimate of drug-likeness (QED) is 0.0992. The maximum Gasteiger partial charge on any atom is 0.271 e. The van der Waals surface area contributed by atoms with Crippen LogP contribution in [-0.2, 0) is 13.2 Å². The monoisotopic (exact) mass is 685 g/mol. The Morgan fingerprint density at radius 2 is 1.69 bits per heavy atom. The van der Waals surface area contributed by atoms with Gasteiger partial charge in [-0.1, -0.05) is 48.5 Å². The molecule has 10 heteroatoms. The summed E-state index contributed by atoms with van der Waals surface area (Å²) in [5.41, 5.74) is 7.62. The van der Waals surface area contributed by atoms with E-state index < -0.39 is 0 Å². The van der Waals surface area contributed by atoms with E-state index in [9.17, 15) is 4.79 Å². The van der Waals surface area contributed by atoms with Gasteiger partial charge in [0.1, 0.15) is 13.2 Å². The van der Waals surface area contributed by atoms with Crippen LogP contribution in [-0.4, -0.2) is 30.8 Å². The summed E-state index contributed by atoms with van der Waals surface area (Å²) in [7, 11) is 1.61. The van der Waals surface area contributed by atoms with Crippen LogP contribution in [0.15, 0.2) is 99.9 Å². The summed E-state index contributed by atoms with van der Waals surface area (Å²) >= 11 is 5.20. The number of nitrogens with one attached hydrogen (secondary N) is 1. The molecule has 0 spiro atoms. The molecule has 0 saturated heterocycles. The number of hydrogen-bond acceptors (Lipinski definition) is 8. The first-order chi connectivity index (χ1) is 21.9. The van der Waals surface area contributed by atoms with E-state index in [1.54, 1.807) is 36.8 Å². The first-order valence-electron chi connectivity index (χ1n) is 14.2. The Morgan fingerprint density at radius 1 is 0.911 bits per heavy atom. The standard InChI is InChI=1S/C35H32BrN3O5S/c1-4-42-33-18-26(19-37-39-35(40)28-13-11-27(12-14-28)30-22-45-23(2)38-30)16-29(36)34(33)44-21-25-10-15-31(32(17-25)41-3)43-20-24-8-6-5-7-9-24/h5-19,22H,4,20-21H2,1-3H3,(H,39,40)/b37-19+. The van der Waals surface area contributed by atoms with Gasteiger partial charge in [-0.2, -0.15) is 5.10 Å². The van der Waals surface area contributed by atoms with E-state index in [-0.39, 0.29) is 12.5 Å². The van der Waals surface area contributed by atoms with Gasteiger partial charge in [-0.15, -0.1) is 11.3 Å². The fourth-order valence-corrected chi connectivity index (χ4v) is 5.59. The van der Waals surface area contributed by atoms with E-state index in [1.165, 1.54) is 0 Å². The van der Waals surface area contributed by atoms with E-state index in [2.05, 4.69) is 31.4 Å². The Morgan fingerprint density at radius 3 is 2.40 bits per heavy atom. The highest BCUT2D eigenvalue weighted by Crippen LogP contribution is 2.38. The predicted octanol–water partition coefficient (Wildman–Crippen LogP) is 8.21. The van der Waals surface area contributed by atoms with Gasteiger partial charge in [-0.05, 0) is 82.9 Å². The van der Waals surface area contributed by atoms with Crippen LogP contribution in [0.2, 0.25) is 0 Å². The number of hydrazone groups is 1. The molecule has 0 radical (unpaired) electrons. The van der Waals surface area contributed by atoms with Gasteiger partial charge in [0.2, 0.25) is 0 Å². The first-order valence-corrected chi connectivity index (χ1v) is 15.9. The number of hydrogen-bond donors (Lipinski definition) is 1. The number of benzene rings is 4. The largest absolute Gasteiger partial charge is 0.493 e. The molecule has 8 nitrogen and oxygen atoms in total. The van der Waals surface area contributed by atoms with Gasteiger partial charge < -0.3 is 18.9 Å². The number of nitrogens with zero attached hydrogens (tertiary/aromatic N) is 2. The molecule has 0 fully saturated rings. The Labute approximate surface area is 274 Å². The van der Waals surface area contributed by atoms with Crippen molar-refractivity contribution in [1.82, 2.24) is 10.4 Å². The van der Waals surface area contributed by atoms with E-state index in [0.29, 0.717) is 51.8 Å². The van der Waals surface area contributed by atoms with Crippen LogP contribution >= 0.6 is 27.3 Å². The number of ether oxygens (including phenoxy) is 4. The van der Waals surface area contributed by atoms with Crippen molar-refractivity contribution in [3.63, 3.8) is 0 Å². The van der Waals surface area contributed by atoms with Crippen LogP contribution < -0.4 is 24.4 Å². The van der Waals surface area contributed by atoms with Crippen molar-refractivity contribution in [3.05, 3.63) is 122 Å². The summed E-state index contributed by atoms with van der Waals surface area (Å²) in [5.74, 6) is 2.05. The number of carbonyl (C=O) groups is 1. The maximum absolute atomic E-state index is 12.7. The highest BCUT2D eigenvalue weighted by atomic mass is 79.9. The molecule has 0 bridgehead atoms. The molecule has 0 aliphatic rings. The van der Waals surface area contributed by atoms with Crippen LogP contribution in [0.3, 0.4) is 0 Å². The van der Waals surface area contributed by atoms with Crippen LogP contribution in [0.25, 0.3) is 11.3 Å². The van der Waals surface area contributed by atoms with Crippen molar-refractivity contribution >= 4 is 39.4 Å². The molecule has 1 amide bonds. The smallest absolute Gasteiger partial charge is 0.271 e. The third-order valence-electron chi connectivity index (χ3n) is 6.62. The van der Waals surface area contributed by atoms with Gasteiger partial charge in [0, 0.05) is 16.5 Å². The molecular formula is C35H32BrN3O5S. The van der Waals surface area contributed by atoms with Gasteiger partial charge in [-0.3, -0.25) is 4.79 Å². The topological polar surface area (TPSA) is 91.3 Å². The molecule has 0 aliphatic heterocycles. The zero-order chi connectivity index (χ0) is 31.6. The molecule has 4 aromatic carbocycles. The summed E-state index contributed by atoms with van der Waals surface area (Å²) in [6, 6.07) is 26.6. The summed E-state index contributed by atoms with van der Waals surface area (Å²) < 4.78 is 24.3. The molecule has 1 aromatic heterocycles. The van der Waals surface area contributed by atoms with E-state index in [0.717, 1.165) is 27.4 Å². The Kier molecular flexibility index (Phi) is 10.8. The molecule has 0 atom stereocenters. The lowest BCUT2D eigenvalue weighted by atomic mass is 10.1. The first kappa shape index (κ1) is 31.7. The van der Waals surface area contributed by atoms with Crippen LogP contribution in [0.4, 0.5) is 0 Å². The van der Waals surface area contributed by atoms with Gasteiger partial charge in [0.05, 0.1) is 35.1 Å². The molecular weight excluding hydrogens is 654 g/mol. The second-order valence-electron chi connectivity index (χ2n) is 9.84. The molecule has 5 rings (SSSR count). The van der Waals surface area contributed by atoms with E-state index in [1.807, 2.05) is 92.0 Å².